The number of piperidine rings is 1. The Hall–Kier alpha value is -0.840. The molecule has 0 radical (unpaired) electrons. The van der Waals surface area contributed by atoms with Crippen LogP contribution in [-0.2, 0) is 6.54 Å². The van der Waals surface area contributed by atoms with Crippen LogP contribution in [0.2, 0.25) is 0 Å². The maximum absolute atomic E-state index is 12.3. The number of anilines is 1. The smallest absolute Gasteiger partial charge is 0.293 e. The largest absolute Gasteiger partial charge is 0.349 e. The predicted molar refractivity (Wildman–Crippen MR) is 77.6 cm³/mol. The van der Waals surface area contributed by atoms with Crippen molar-refractivity contribution in [2.24, 2.45) is 0 Å². The number of nitrogens with zero attached hydrogens (tertiary/aromatic N) is 3. The van der Waals surface area contributed by atoms with Gasteiger partial charge in [0.1, 0.15) is 0 Å². The van der Waals surface area contributed by atoms with Gasteiger partial charge in [-0.2, -0.15) is 0 Å². The molecular formula is C13H20BrN3O. The van der Waals surface area contributed by atoms with Crippen molar-refractivity contribution in [3.8, 4) is 0 Å². The Labute approximate surface area is 116 Å². The topological polar surface area (TPSA) is 38.1 Å². The second-order valence-electron chi connectivity index (χ2n) is 4.66. The summed E-state index contributed by atoms with van der Waals surface area (Å²) >= 11 is 3.50. The molecule has 18 heavy (non-hydrogen) atoms. The Morgan fingerprint density at radius 2 is 2.33 bits per heavy atom. The van der Waals surface area contributed by atoms with Crippen LogP contribution in [-0.4, -0.2) is 27.5 Å². The lowest BCUT2D eigenvalue weighted by molar-refractivity contribution is 0.446. The molecule has 0 bridgehead atoms. The Morgan fingerprint density at radius 1 is 1.50 bits per heavy atom. The van der Waals surface area contributed by atoms with Gasteiger partial charge in [0.25, 0.3) is 5.56 Å². The molecule has 0 spiro atoms. The molecule has 1 aliphatic heterocycles. The van der Waals surface area contributed by atoms with Gasteiger partial charge in [0.05, 0.1) is 0 Å². The Kier molecular flexibility index (Phi) is 4.80. The van der Waals surface area contributed by atoms with Crippen molar-refractivity contribution in [3.63, 3.8) is 0 Å². The number of hydrogen-bond donors (Lipinski definition) is 0. The van der Waals surface area contributed by atoms with Crippen LogP contribution in [0.25, 0.3) is 0 Å². The first-order valence-corrected chi connectivity index (χ1v) is 7.78. The highest BCUT2D eigenvalue weighted by Gasteiger charge is 2.25. The van der Waals surface area contributed by atoms with E-state index in [0.29, 0.717) is 18.4 Å². The predicted octanol–water partition coefficient (Wildman–Crippen LogP) is 2.41. The van der Waals surface area contributed by atoms with Crippen molar-refractivity contribution in [2.75, 3.05) is 16.8 Å². The average Bonchev–Trinajstić information content (AvgIpc) is 2.40. The van der Waals surface area contributed by atoms with Gasteiger partial charge in [0.15, 0.2) is 5.82 Å². The van der Waals surface area contributed by atoms with Gasteiger partial charge in [-0.1, -0.05) is 15.9 Å². The van der Waals surface area contributed by atoms with E-state index in [1.54, 1.807) is 17.0 Å². The van der Waals surface area contributed by atoms with E-state index in [-0.39, 0.29) is 5.56 Å². The zero-order valence-corrected chi connectivity index (χ0v) is 12.4. The van der Waals surface area contributed by atoms with E-state index in [0.717, 1.165) is 31.1 Å². The van der Waals surface area contributed by atoms with Crippen LogP contribution in [0.3, 0.4) is 0 Å². The van der Waals surface area contributed by atoms with Gasteiger partial charge in [-0.05, 0) is 32.6 Å². The SMILES string of the molecule is CCn1ccnc(N2CCCCC2CCBr)c1=O. The Bertz CT molecular complexity index is 444. The summed E-state index contributed by atoms with van der Waals surface area (Å²) in [4.78, 5) is 18.8. The van der Waals surface area contributed by atoms with Crippen LogP contribution in [0.15, 0.2) is 17.2 Å². The van der Waals surface area contributed by atoms with E-state index in [1.807, 2.05) is 6.92 Å². The number of halogens is 1. The summed E-state index contributed by atoms with van der Waals surface area (Å²) in [7, 11) is 0. The van der Waals surface area contributed by atoms with Crippen LogP contribution in [0.1, 0.15) is 32.6 Å². The summed E-state index contributed by atoms with van der Waals surface area (Å²) in [5.41, 5.74) is 0.0430. The second kappa shape index (κ2) is 6.36. The maximum atomic E-state index is 12.3. The molecule has 1 unspecified atom stereocenters. The number of rotatable bonds is 4. The quantitative estimate of drug-likeness (QED) is 0.801. The van der Waals surface area contributed by atoms with Crippen molar-refractivity contribution in [1.29, 1.82) is 0 Å². The molecule has 1 aromatic heterocycles. The molecule has 0 N–H and O–H groups in total. The summed E-state index contributed by atoms with van der Waals surface area (Å²) in [5.74, 6) is 0.630. The fourth-order valence-electron chi connectivity index (χ4n) is 2.59. The molecule has 0 aromatic carbocycles. The second-order valence-corrected chi connectivity index (χ2v) is 5.46. The summed E-state index contributed by atoms with van der Waals surface area (Å²) in [6, 6.07) is 0.450. The molecule has 1 saturated heterocycles. The molecule has 0 saturated carbocycles. The van der Waals surface area contributed by atoms with E-state index in [2.05, 4.69) is 25.8 Å². The fourth-order valence-corrected chi connectivity index (χ4v) is 3.12. The van der Waals surface area contributed by atoms with E-state index in [1.165, 1.54) is 6.42 Å². The normalized spacial score (nSPS) is 20.1. The summed E-state index contributed by atoms with van der Waals surface area (Å²) in [5, 5.41) is 0.975. The Morgan fingerprint density at radius 3 is 3.06 bits per heavy atom. The number of aryl methyl sites for hydroxylation is 1. The number of aromatic nitrogens is 2. The molecule has 1 aromatic rings. The Balaban J connectivity index is 2.30. The highest BCUT2D eigenvalue weighted by atomic mass is 79.9. The first-order valence-electron chi connectivity index (χ1n) is 6.66. The molecule has 0 amide bonds. The van der Waals surface area contributed by atoms with Gasteiger partial charge in [-0.3, -0.25) is 4.79 Å². The first-order chi connectivity index (χ1) is 8.77. The third-order valence-electron chi connectivity index (χ3n) is 3.58. The van der Waals surface area contributed by atoms with Crippen LogP contribution in [0.4, 0.5) is 5.82 Å². The van der Waals surface area contributed by atoms with Crippen molar-refractivity contribution < 1.29 is 0 Å². The van der Waals surface area contributed by atoms with E-state index >= 15 is 0 Å². The lowest BCUT2D eigenvalue weighted by Gasteiger charge is -2.36. The third-order valence-corrected chi connectivity index (χ3v) is 4.04. The molecule has 100 valence electrons. The minimum Gasteiger partial charge on any atom is -0.349 e. The van der Waals surface area contributed by atoms with Gasteiger partial charge in [-0.15, -0.1) is 0 Å². The summed E-state index contributed by atoms with van der Waals surface area (Å²) in [6.07, 6.45) is 8.13. The molecule has 5 heteroatoms. The molecular weight excluding hydrogens is 294 g/mol. The standard InChI is InChI=1S/C13H20BrN3O/c1-2-16-10-8-15-12(13(16)18)17-9-4-3-5-11(17)6-7-14/h8,10-11H,2-7,9H2,1H3. The van der Waals surface area contributed by atoms with Crippen molar-refractivity contribution in [1.82, 2.24) is 9.55 Å². The minimum atomic E-state index is 0.0430. The zero-order chi connectivity index (χ0) is 13.0. The molecule has 2 heterocycles. The fraction of sp³-hybridized carbons (Fsp3) is 0.692. The highest BCUT2D eigenvalue weighted by Crippen LogP contribution is 2.23. The molecule has 4 nitrogen and oxygen atoms in total. The van der Waals surface area contributed by atoms with Crippen LogP contribution in [0, 0.1) is 0 Å². The van der Waals surface area contributed by atoms with Gasteiger partial charge in [-0.25, -0.2) is 4.98 Å². The molecule has 1 aliphatic rings. The summed E-state index contributed by atoms with van der Waals surface area (Å²) < 4.78 is 1.72. The van der Waals surface area contributed by atoms with Gasteiger partial charge in [0, 0.05) is 36.9 Å². The first kappa shape index (κ1) is 13.6. The lowest BCUT2D eigenvalue weighted by atomic mass is 10.0. The highest BCUT2D eigenvalue weighted by molar-refractivity contribution is 9.09. The van der Waals surface area contributed by atoms with Crippen LogP contribution < -0.4 is 10.5 Å². The molecule has 2 rings (SSSR count). The van der Waals surface area contributed by atoms with Gasteiger partial charge >= 0.3 is 0 Å². The lowest BCUT2D eigenvalue weighted by Crippen LogP contribution is -2.44. The summed E-state index contributed by atoms with van der Waals surface area (Å²) in [6.45, 7) is 3.64. The van der Waals surface area contributed by atoms with Crippen LogP contribution in [0.5, 0.6) is 0 Å². The van der Waals surface area contributed by atoms with E-state index in [9.17, 15) is 4.79 Å². The van der Waals surface area contributed by atoms with Gasteiger partial charge < -0.3 is 9.47 Å². The van der Waals surface area contributed by atoms with Gasteiger partial charge in [0.2, 0.25) is 0 Å². The van der Waals surface area contributed by atoms with Crippen molar-refractivity contribution >= 4 is 21.7 Å². The average molecular weight is 314 g/mol. The van der Waals surface area contributed by atoms with Crippen molar-refractivity contribution in [3.05, 3.63) is 22.7 Å². The van der Waals surface area contributed by atoms with E-state index < -0.39 is 0 Å². The molecule has 1 fully saturated rings. The third kappa shape index (κ3) is 2.76. The van der Waals surface area contributed by atoms with E-state index in [4.69, 9.17) is 0 Å². The molecule has 1 atom stereocenters. The zero-order valence-electron chi connectivity index (χ0n) is 10.8. The number of alkyl halides is 1. The minimum absolute atomic E-state index is 0.0430. The molecule has 0 aliphatic carbocycles. The van der Waals surface area contributed by atoms with Crippen LogP contribution >= 0.6 is 15.9 Å². The number of hydrogen-bond acceptors (Lipinski definition) is 3. The van der Waals surface area contributed by atoms with Crippen molar-refractivity contribution in [2.45, 2.75) is 45.2 Å². The maximum Gasteiger partial charge on any atom is 0.293 e. The monoisotopic (exact) mass is 313 g/mol.